The maximum Gasteiger partial charge on any atom is 4.00 e. The summed E-state index contributed by atoms with van der Waals surface area (Å²) in [6, 6.07) is 9.44. The van der Waals surface area contributed by atoms with Crippen LogP contribution in [0.25, 0.3) is 0 Å². The van der Waals surface area contributed by atoms with Crippen LogP contribution >= 0.6 is 0 Å². The molecule has 2 unspecified atom stereocenters. The van der Waals surface area contributed by atoms with Gasteiger partial charge >= 0.3 is 21.7 Å². The molecule has 33 heavy (non-hydrogen) atoms. The molecule has 2 saturated carbocycles. The fourth-order valence-corrected chi connectivity index (χ4v) is 16.6. The van der Waals surface area contributed by atoms with Crippen molar-refractivity contribution in [2.75, 3.05) is 0 Å². The molecular weight excluding hydrogens is 511 g/mol. The van der Waals surface area contributed by atoms with Gasteiger partial charge in [0.2, 0.25) is 0 Å². The summed E-state index contributed by atoms with van der Waals surface area (Å²) in [4.78, 5) is 0. The van der Waals surface area contributed by atoms with Crippen LogP contribution in [-0.4, -0.2) is 16.1 Å². The molecule has 2 atom stereocenters. The molecule has 6 aliphatic rings. The molecule has 0 aromatic heterocycles. The minimum absolute atomic E-state index is 0. The van der Waals surface area contributed by atoms with Gasteiger partial charge in [-0.25, -0.2) is 34.4 Å². The van der Waals surface area contributed by atoms with Crippen molar-refractivity contribution in [3.8, 4) is 0 Å². The molecule has 0 amide bonds. The van der Waals surface area contributed by atoms with Crippen molar-refractivity contribution < 1.29 is 46.5 Å². The second-order valence-electron chi connectivity index (χ2n) is 11.0. The van der Waals surface area contributed by atoms with E-state index in [0.29, 0.717) is 0 Å². The smallest absolute Gasteiger partial charge is 1.00 e. The van der Waals surface area contributed by atoms with Crippen LogP contribution in [0.2, 0.25) is 36.3 Å². The summed E-state index contributed by atoms with van der Waals surface area (Å²) in [7, 11) is -1.75. The van der Waals surface area contributed by atoms with E-state index < -0.39 is 16.1 Å². The first-order valence-electron chi connectivity index (χ1n) is 13.2. The molecule has 0 nitrogen and oxygen atoms in total. The van der Waals surface area contributed by atoms with Gasteiger partial charge in [0, 0.05) is 0 Å². The number of fused-ring (bicyclic) bond motifs is 2. The Hall–Kier alpha value is 0.428. The van der Waals surface area contributed by atoms with E-state index in [0.717, 1.165) is 11.8 Å². The van der Waals surface area contributed by atoms with Gasteiger partial charge in [0.15, 0.2) is 0 Å². The first-order valence-corrected chi connectivity index (χ1v) is 18.4. The third-order valence-corrected chi connectivity index (χ3v) is 21.6. The van der Waals surface area contributed by atoms with Crippen molar-refractivity contribution in [3.05, 3.63) is 58.7 Å². The molecule has 5 heteroatoms. The van der Waals surface area contributed by atoms with Crippen LogP contribution in [0.15, 0.2) is 47.6 Å². The van der Waals surface area contributed by atoms with Gasteiger partial charge in [-0.2, -0.15) is 0 Å². The van der Waals surface area contributed by atoms with Gasteiger partial charge < -0.3 is 24.8 Å². The van der Waals surface area contributed by atoms with E-state index in [4.69, 9.17) is 0 Å². The van der Waals surface area contributed by atoms with Crippen LogP contribution in [0.5, 0.6) is 0 Å². The first-order chi connectivity index (χ1) is 14.7. The molecule has 0 aromatic rings. The Kier molecular flexibility index (Phi) is 11.3. The summed E-state index contributed by atoms with van der Waals surface area (Å²) in [5.74, 6) is 1.84. The van der Waals surface area contributed by atoms with Gasteiger partial charge in [0.1, 0.15) is 0 Å². The van der Waals surface area contributed by atoms with Crippen molar-refractivity contribution in [1.29, 1.82) is 0 Å². The molecule has 0 aromatic carbocycles. The van der Waals surface area contributed by atoms with Crippen molar-refractivity contribution in [1.82, 2.24) is 0 Å². The van der Waals surface area contributed by atoms with Crippen LogP contribution in [0.3, 0.4) is 0 Å². The van der Waals surface area contributed by atoms with Gasteiger partial charge in [-0.1, -0.05) is 88.6 Å². The molecule has 2 heterocycles. The predicted molar refractivity (Wildman–Crippen MR) is 137 cm³/mol. The zero-order valence-corrected chi connectivity index (χ0v) is 25.8. The van der Waals surface area contributed by atoms with Crippen LogP contribution in [-0.2, 0) is 21.7 Å². The maximum absolute atomic E-state index is 2.45. The molecule has 0 N–H and O–H groups in total. The van der Waals surface area contributed by atoms with Crippen LogP contribution < -0.4 is 24.8 Å². The number of hydrogen-bond donors (Lipinski definition) is 0. The van der Waals surface area contributed by atoms with Gasteiger partial charge in [-0.3, -0.25) is 0 Å². The Bertz CT molecular complexity index is 689. The van der Waals surface area contributed by atoms with E-state index in [1.54, 1.807) is 35.3 Å². The maximum atomic E-state index is 2.45. The number of halogens is 2. The molecule has 0 radical (unpaired) electrons. The molecule has 0 spiro atoms. The van der Waals surface area contributed by atoms with Gasteiger partial charge in [0.05, 0.1) is 0 Å². The standard InChI is InChI=1S/2C14H21Si.2ClH.Ti/c2*1-2-15(10-5-11-15)14-9-8-12-6-3-4-7-13(12)14;;;/h2*3-4,7,12H,2,5-6,8-11H2,1H3;2*1H;/q2*-1;;;+4/p-2. The second kappa shape index (κ2) is 12.6. The van der Waals surface area contributed by atoms with E-state index in [-0.39, 0.29) is 46.5 Å². The van der Waals surface area contributed by atoms with Gasteiger partial charge in [-0.05, 0) is 40.8 Å². The minimum Gasteiger partial charge on any atom is -1.00 e. The predicted octanol–water partition coefficient (Wildman–Crippen LogP) is 2.54. The summed E-state index contributed by atoms with van der Waals surface area (Å²) in [5.41, 5.74) is 7.58. The van der Waals surface area contributed by atoms with Crippen molar-refractivity contribution >= 4 is 16.1 Å². The zero-order chi connectivity index (χ0) is 20.6. The second-order valence-corrected chi connectivity index (χ2v) is 20.7. The van der Waals surface area contributed by atoms with Crippen LogP contribution in [0, 0.1) is 22.9 Å². The monoisotopic (exact) mass is 552 g/mol. The topological polar surface area (TPSA) is 0 Å². The Balaban J connectivity index is 0.000000214. The summed E-state index contributed by atoms with van der Waals surface area (Å²) >= 11 is 0. The summed E-state index contributed by atoms with van der Waals surface area (Å²) in [5, 5.41) is 0. The number of allylic oxidation sites excluding steroid dienone is 8. The van der Waals surface area contributed by atoms with E-state index in [2.05, 4.69) is 50.3 Å². The molecule has 0 bridgehead atoms. The first kappa shape index (κ1) is 29.7. The summed E-state index contributed by atoms with van der Waals surface area (Å²) in [6.45, 7) is 4.90. The average molecular weight is 554 g/mol. The molecule has 2 saturated heterocycles. The molecular formula is C28H42Cl2Si2Ti. The van der Waals surface area contributed by atoms with E-state index in [1.165, 1.54) is 63.5 Å². The Morgan fingerprint density at radius 2 is 1.12 bits per heavy atom. The fourth-order valence-electron chi connectivity index (χ4n) is 7.61. The minimum atomic E-state index is -0.877. The zero-order valence-electron chi connectivity index (χ0n) is 20.8. The van der Waals surface area contributed by atoms with E-state index in [9.17, 15) is 0 Å². The molecule has 4 aliphatic carbocycles. The van der Waals surface area contributed by atoms with Gasteiger partial charge in [-0.15, -0.1) is 24.3 Å². The van der Waals surface area contributed by atoms with Crippen LogP contribution in [0.1, 0.15) is 65.2 Å². The SMILES string of the molecule is CC[Si]1([C-]2CCC3CC=CC=C23)CCC1.CC[Si]1([C-]2CCC3CC=CC=C23)CCC1.[Cl-].[Cl-].[Ti+4]. The summed E-state index contributed by atoms with van der Waals surface area (Å²) in [6.07, 6.45) is 25.7. The normalized spacial score (nSPS) is 29.3. The third-order valence-electron chi connectivity index (χ3n) is 9.98. The number of rotatable bonds is 4. The quantitative estimate of drug-likeness (QED) is 0.371. The molecule has 180 valence electrons. The number of hydrogen-bond acceptors (Lipinski definition) is 0. The van der Waals surface area contributed by atoms with Gasteiger partial charge in [0.25, 0.3) is 0 Å². The molecule has 4 fully saturated rings. The average Bonchev–Trinajstić information content (AvgIpc) is 3.34. The Morgan fingerprint density at radius 3 is 1.42 bits per heavy atom. The van der Waals surface area contributed by atoms with Crippen molar-refractivity contribution in [3.63, 3.8) is 0 Å². The Labute approximate surface area is 233 Å². The van der Waals surface area contributed by atoms with E-state index in [1.807, 2.05) is 11.1 Å². The largest absolute Gasteiger partial charge is 4.00 e. The fraction of sp³-hybridized carbons (Fsp3) is 0.643. The summed E-state index contributed by atoms with van der Waals surface area (Å²) < 4.78 is 0. The third kappa shape index (κ3) is 5.42. The van der Waals surface area contributed by atoms with Crippen molar-refractivity contribution in [2.24, 2.45) is 11.8 Å². The molecule has 6 rings (SSSR count). The van der Waals surface area contributed by atoms with Crippen molar-refractivity contribution in [2.45, 2.75) is 101 Å². The Morgan fingerprint density at radius 1 is 0.727 bits per heavy atom. The van der Waals surface area contributed by atoms with E-state index >= 15 is 0 Å². The molecule has 2 aliphatic heterocycles. The van der Waals surface area contributed by atoms with Crippen LogP contribution in [0.4, 0.5) is 0 Å².